The molecule has 1 aliphatic heterocycles. The van der Waals surface area contributed by atoms with Crippen molar-refractivity contribution in [1.82, 2.24) is 0 Å². The number of carbonyl (C=O) groups is 1. The molecule has 0 saturated carbocycles. The molecule has 0 bridgehead atoms. The minimum Gasteiger partial charge on any atom is -0.489 e. The molecule has 1 aliphatic rings. The molecule has 0 radical (unpaired) electrons. The minimum atomic E-state index is 0.0757. The van der Waals surface area contributed by atoms with Crippen molar-refractivity contribution in [2.75, 3.05) is 16.8 Å². The van der Waals surface area contributed by atoms with Crippen LogP contribution in [-0.4, -0.2) is 24.6 Å². The van der Waals surface area contributed by atoms with Crippen molar-refractivity contribution in [3.63, 3.8) is 0 Å². The molecular weight excluding hydrogens is 300 g/mol. The number of rotatable bonds is 5. The molecule has 0 aromatic heterocycles. The van der Waals surface area contributed by atoms with Crippen LogP contribution >= 0.6 is 0 Å². The lowest BCUT2D eigenvalue weighted by molar-refractivity contribution is -0.117. The third-order valence-corrected chi connectivity index (χ3v) is 4.16. The third kappa shape index (κ3) is 3.37. The van der Waals surface area contributed by atoms with E-state index in [0.717, 1.165) is 23.5 Å². The quantitative estimate of drug-likeness (QED) is 0.908. The molecule has 0 saturated heterocycles. The van der Waals surface area contributed by atoms with Crippen LogP contribution in [0.15, 0.2) is 48.5 Å². The zero-order chi connectivity index (χ0) is 17.1. The van der Waals surface area contributed by atoms with E-state index in [4.69, 9.17) is 4.74 Å². The molecule has 4 heteroatoms. The average molecular weight is 324 g/mol. The van der Waals surface area contributed by atoms with Crippen molar-refractivity contribution in [1.29, 1.82) is 0 Å². The molecule has 3 rings (SSSR count). The Morgan fingerprint density at radius 3 is 2.71 bits per heavy atom. The second-order valence-electron chi connectivity index (χ2n) is 6.46. The van der Waals surface area contributed by atoms with Gasteiger partial charge in [0.1, 0.15) is 5.75 Å². The predicted octanol–water partition coefficient (Wildman–Crippen LogP) is 3.86. The van der Waals surface area contributed by atoms with Gasteiger partial charge in [0, 0.05) is 11.7 Å². The third-order valence-electron chi connectivity index (χ3n) is 4.16. The maximum Gasteiger partial charge on any atom is 0.246 e. The first kappa shape index (κ1) is 16.4. The Bertz CT molecular complexity index is 727. The van der Waals surface area contributed by atoms with Gasteiger partial charge in [-0.05, 0) is 51.0 Å². The van der Waals surface area contributed by atoms with E-state index >= 15 is 0 Å². The number of amides is 1. The minimum absolute atomic E-state index is 0.0757. The number of para-hydroxylation sites is 3. The molecule has 2 aromatic rings. The molecule has 0 aliphatic carbocycles. The summed E-state index contributed by atoms with van der Waals surface area (Å²) in [6, 6.07) is 16.0. The highest BCUT2D eigenvalue weighted by Gasteiger charge is 2.30. The summed E-state index contributed by atoms with van der Waals surface area (Å²) in [6.45, 7) is 6.32. The van der Waals surface area contributed by atoms with Crippen molar-refractivity contribution < 1.29 is 9.53 Å². The maximum atomic E-state index is 12.7. The molecule has 1 atom stereocenters. The van der Waals surface area contributed by atoms with E-state index in [9.17, 15) is 4.79 Å². The van der Waals surface area contributed by atoms with E-state index in [1.807, 2.05) is 61.2 Å². The Morgan fingerprint density at radius 1 is 1.21 bits per heavy atom. The fourth-order valence-corrected chi connectivity index (χ4v) is 3.17. The smallest absolute Gasteiger partial charge is 0.246 e. The van der Waals surface area contributed by atoms with Crippen molar-refractivity contribution in [3.8, 4) is 5.75 Å². The van der Waals surface area contributed by atoms with Crippen LogP contribution in [-0.2, 0) is 11.2 Å². The second-order valence-corrected chi connectivity index (χ2v) is 6.46. The van der Waals surface area contributed by atoms with Crippen LogP contribution in [0.3, 0.4) is 0 Å². The van der Waals surface area contributed by atoms with Gasteiger partial charge >= 0.3 is 0 Å². The van der Waals surface area contributed by atoms with E-state index in [-0.39, 0.29) is 24.6 Å². The molecule has 4 nitrogen and oxygen atoms in total. The van der Waals surface area contributed by atoms with Crippen LogP contribution in [0.25, 0.3) is 0 Å². The van der Waals surface area contributed by atoms with Gasteiger partial charge in [-0.15, -0.1) is 0 Å². The van der Waals surface area contributed by atoms with Crippen molar-refractivity contribution in [2.24, 2.45) is 0 Å². The number of hydrogen-bond donors (Lipinski definition) is 1. The number of carbonyl (C=O) groups excluding carboxylic acids is 1. The first-order chi connectivity index (χ1) is 11.6. The summed E-state index contributed by atoms with van der Waals surface area (Å²) in [4.78, 5) is 14.6. The number of nitrogens with one attached hydrogen (secondary N) is 1. The summed E-state index contributed by atoms with van der Waals surface area (Å²) in [7, 11) is 0. The molecule has 2 aromatic carbocycles. The Labute approximate surface area is 143 Å². The summed E-state index contributed by atoms with van der Waals surface area (Å²) < 4.78 is 5.79. The van der Waals surface area contributed by atoms with Crippen molar-refractivity contribution in [2.45, 2.75) is 39.3 Å². The van der Waals surface area contributed by atoms with Gasteiger partial charge in [-0.2, -0.15) is 0 Å². The summed E-state index contributed by atoms with van der Waals surface area (Å²) in [5.41, 5.74) is 3.12. The van der Waals surface area contributed by atoms with Gasteiger partial charge in [0.05, 0.1) is 18.3 Å². The number of hydrogen-bond acceptors (Lipinski definition) is 3. The van der Waals surface area contributed by atoms with E-state index in [2.05, 4.69) is 18.3 Å². The highest BCUT2D eigenvalue weighted by atomic mass is 16.5. The first-order valence-corrected chi connectivity index (χ1v) is 8.46. The van der Waals surface area contributed by atoms with Gasteiger partial charge in [-0.1, -0.05) is 30.3 Å². The Balaban J connectivity index is 1.71. The molecule has 1 unspecified atom stereocenters. The van der Waals surface area contributed by atoms with Crippen molar-refractivity contribution in [3.05, 3.63) is 54.1 Å². The SMILES string of the molecule is CC(C)Oc1ccccc1NCC(=O)N1c2ccccc2CC1C. The second kappa shape index (κ2) is 6.95. The van der Waals surface area contributed by atoms with Gasteiger partial charge in [-0.25, -0.2) is 0 Å². The monoisotopic (exact) mass is 324 g/mol. The van der Waals surface area contributed by atoms with Crippen LogP contribution < -0.4 is 15.0 Å². The van der Waals surface area contributed by atoms with Gasteiger partial charge in [0.25, 0.3) is 0 Å². The fraction of sp³-hybridized carbons (Fsp3) is 0.350. The Kier molecular flexibility index (Phi) is 4.74. The lowest BCUT2D eigenvalue weighted by Crippen LogP contribution is -2.39. The first-order valence-electron chi connectivity index (χ1n) is 8.46. The summed E-state index contributed by atoms with van der Waals surface area (Å²) in [5.74, 6) is 0.849. The maximum absolute atomic E-state index is 12.7. The Morgan fingerprint density at radius 2 is 1.92 bits per heavy atom. The van der Waals surface area contributed by atoms with E-state index in [1.165, 1.54) is 5.56 Å². The molecule has 0 spiro atoms. The summed E-state index contributed by atoms with van der Waals surface area (Å²) in [5, 5.41) is 3.23. The zero-order valence-corrected chi connectivity index (χ0v) is 14.5. The highest BCUT2D eigenvalue weighted by Crippen LogP contribution is 2.32. The summed E-state index contributed by atoms with van der Waals surface area (Å²) in [6.07, 6.45) is 1.00. The molecule has 0 fully saturated rings. The highest BCUT2D eigenvalue weighted by molar-refractivity contribution is 5.98. The standard InChI is InChI=1S/C20H24N2O2/c1-14(2)24-19-11-7-5-9-17(19)21-13-20(23)22-15(3)12-16-8-4-6-10-18(16)22/h4-11,14-15,21H,12-13H2,1-3H3. The number of ether oxygens (including phenoxy) is 1. The zero-order valence-electron chi connectivity index (χ0n) is 14.5. The average Bonchev–Trinajstić information content (AvgIpc) is 2.89. The van der Waals surface area contributed by atoms with Crippen LogP contribution in [0.5, 0.6) is 5.75 Å². The Hall–Kier alpha value is -2.49. The number of benzene rings is 2. The lowest BCUT2D eigenvalue weighted by Gasteiger charge is -2.23. The van der Waals surface area contributed by atoms with E-state index in [0.29, 0.717) is 0 Å². The van der Waals surface area contributed by atoms with E-state index in [1.54, 1.807) is 0 Å². The van der Waals surface area contributed by atoms with Gasteiger partial charge in [0.15, 0.2) is 0 Å². The normalized spacial score (nSPS) is 16.2. The predicted molar refractivity (Wildman–Crippen MR) is 97.8 cm³/mol. The molecule has 1 heterocycles. The molecule has 126 valence electrons. The van der Waals surface area contributed by atoms with Gasteiger partial charge in [-0.3, -0.25) is 4.79 Å². The molecule has 1 amide bonds. The van der Waals surface area contributed by atoms with Crippen LogP contribution in [0, 0.1) is 0 Å². The van der Waals surface area contributed by atoms with Gasteiger partial charge < -0.3 is 15.0 Å². The largest absolute Gasteiger partial charge is 0.489 e. The van der Waals surface area contributed by atoms with Crippen molar-refractivity contribution >= 4 is 17.3 Å². The lowest BCUT2D eigenvalue weighted by atomic mass is 10.1. The van der Waals surface area contributed by atoms with Crippen LogP contribution in [0.1, 0.15) is 26.3 Å². The van der Waals surface area contributed by atoms with E-state index < -0.39 is 0 Å². The number of nitrogens with zero attached hydrogens (tertiary/aromatic N) is 1. The molecule has 24 heavy (non-hydrogen) atoms. The fourth-order valence-electron chi connectivity index (χ4n) is 3.17. The van der Waals surface area contributed by atoms with Crippen LogP contribution in [0.4, 0.5) is 11.4 Å². The van der Waals surface area contributed by atoms with Crippen LogP contribution in [0.2, 0.25) is 0 Å². The van der Waals surface area contributed by atoms with Gasteiger partial charge in [0.2, 0.25) is 5.91 Å². The number of anilines is 2. The molecule has 1 N–H and O–H groups in total. The topological polar surface area (TPSA) is 41.6 Å². The molecular formula is C20H24N2O2. The number of fused-ring (bicyclic) bond motifs is 1. The summed E-state index contributed by atoms with van der Waals surface area (Å²) >= 11 is 0.